The van der Waals surface area contributed by atoms with E-state index >= 15 is 0 Å². The summed E-state index contributed by atoms with van der Waals surface area (Å²) in [6, 6.07) is 4.91. The number of nitrogens with zero attached hydrogens (tertiary/aromatic N) is 1. The number of hydrogen-bond acceptors (Lipinski definition) is 6. The molecule has 0 heterocycles. The Labute approximate surface area is 123 Å². The van der Waals surface area contributed by atoms with Gasteiger partial charge in [-0.15, -0.1) is 0 Å². The lowest BCUT2D eigenvalue weighted by molar-refractivity contribution is -0.141. The lowest BCUT2D eigenvalue weighted by Gasteiger charge is -2.09. The van der Waals surface area contributed by atoms with E-state index in [0.29, 0.717) is 16.9 Å². The van der Waals surface area contributed by atoms with Crippen molar-refractivity contribution in [3.05, 3.63) is 35.4 Å². The molecule has 0 bridgehead atoms. The quantitative estimate of drug-likeness (QED) is 0.450. The van der Waals surface area contributed by atoms with Gasteiger partial charge in [-0.25, -0.2) is 9.59 Å². The third-order valence-corrected chi connectivity index (χ3v) is 2.53. The topological polar surface area (TPSA) is 65.1 Å². The van der Waals surface area contributed by atoms with E-state index in [2.05, 4.69) is 0 Å². The van der Waals surface area contributed by atoms with Gasteiger partial charge >= 0.3 is 11.9 Å². The van der Waals surface area contributed by atoms with Crippen LogP contribution in [0.15, 0.2) is 24.3 Å². The van der Waals surface area contributed by atoms with Crippen LogP contribution in [0.5, 0.6) is 5.75 Å². The van der Waals surface area contributed by atoms with E-state index in [1.54, 1.807) is 37.2 Å². The Kier molecular flexibility index (Phi) is 6.42. The number of carbonyl (C=O) groups excluding carboxylic acids is 2. The third-order valence-electron chi connectivity index (χ3n) is 2.53. The van der Waals surface area contributed by atoms with Gasteiger partial charge in [0.25, 0.3) is 0 Å². The van der Waals surface area contributed by atoms with Gasteiger partial charge in [0.15, 0.2) is 0 Å². The second-order valence-electron chi connectivity index (χ2n) is 4.45. The second kappa shape index (κ2) is 8.06. The fourth-order valence-electron chi connectivity index (χ4n) is 1.49. The largest absolute Gasteiger partial charge is 0.497 e. The molecule has 6 heteroatoms. The van der Waals surface area contributed by atoms with Gasteiger partial charge in [-0.3, -0.25) is 4.90 Å². The van der Waals surface area contributed by atoms with Crippen molar-refractivity contribution in [3.8, 4) is 5.75 Å². The molecule has 114 valence electrons. The number of hydrogen-bond donors (Lipinski definition) is 0. The van der Waals surface area contributed by atoms with Crippen LogP contribution >= 0.6 is 0 Å². The predicted molar refractivity (Wildman–Crippen MR) is 78.0 cm³/mol. The minimum atomic E-state index is -0.504. The van der Waals surface area contributed by atoms with Crippen molar-refractivity contribution < 1.29 is 23.8 Å². The highest BCUT2D eigenvalue weighted by Crippen LogP contribution is 2.19. The highest BCUT2D eigenvalue weighted by molar-refractivity contribution is 5.96. The molecule has 0 fully saturated rings. The minimum absolute atomic E-state index is 0.190. The molecule has 0 atom stereocenters. The normalized spacial score (nSPS) is 10.7. The number of ether oxygens (including phenoxy) is 3. The molecule has 0 aliphatic rings. The van der Waals surface area contributed by atoms with Crippen molar-refractivity contribution in [2.75, 3.05) is 35.0 Å². The van der Waals surface area contributed by atoms with Gasteiger partial charge in [-0.05, 0) is 37.9 Å². The fraction of sp³-hybridized carbons (Fsp3) is 0.333. The number of carbonyl (C=O) groups is 2. The molecule has 0 aromatic heterocycles. The zero-order valence-corrected chi connectivity index (χ0v) is 12.6. The summed E-state index contributed by atoms with van der Waals surface area (Å²) in [6.07, 6.45) is 2.77. The van der Waals surface area contributed by atoms with Crippen molar-refractivity contribution in [2.24, 2.45) is 0 Å². The maximum atomic E-state index is 11.7. The Morgan fingerprint density at radius 3 is 2.52 bits per heavy atom. The molecule has 21 heavy (non-hydrogen) atoms. The summed E-state index contributed by atoms with van der Waals surface area (Å²) < 4.78 is 14.7. The summed E-state index contributed by atoms with van der Waals surface area (Å²) in [5, 5.41) is 0. The average molecular weight is 293 g/mol. The first-order valence-electron chi connectivity index (χ1n) is 6.24. The lowest BCUT2D eigenvalue weighted by Crippen LogP contribution is -2.18. The molecule has 0 aliphatic heterocycles. The van der Waals surface area contributed by atoms with Gasteiger partial charge in [0.05, 0.1) is 19.8 Å². The van der Waals surface area contributed by atoms with E-state index in [9.17, 15) is 9.59 Å². The van der Waals surface area contributed by atoms with Gasteiger partial charge in [0.1, 0.15) is 12.5 Å². The van der Waals surface area contributed by atoms with Crippen molar-refractivity contribution in [2.45, 2.75) is 0 Å². The number of benzene rings is 1. The Morgan fingerprint density at radius 1 is 1.24 bits per heavy atom. The molecule has 0 unspecified atom stereocenters. The molecule has 0 aliphatic carbocycles. The summed E-state index contributed by atoms with van der Waals surface area (Å²) in [5.41, 5.74) is 0.859. The highest BCUT2D eigenvalue weighted by Gasteiger charge is 2.12. The van der Waals surface area contributed by atoms with Crippen LogP contribution in [0, 0.1) is 0 Å². The summed E-state index contributed by atoms with van der Waals surface area (Å²) >= 11 is 0. The van der Waals surface area contributed by atoms with E-state index in [4.69, 9.17) is 14.2 Å². The first-order valence-corrected chi connectivity index (χ1v) is 6.24. The fourth-order valence-corrected chi connectivity index (χ4v) is 1.49. The third kappa shape index (κ3) is 5.27. The van der Waals surface area contributed by atoms with Crippen LogP contribution in [-0.4, -0.2) is 51.9 Å². The van der Waals surface area contributed by atoms with Crippen LogP contribution in [0.1, 0.15) is 15.9 Å². The second-order valence-corrected chi connectivity index (χ2v) is 4.45. The molecule has 1 aromatic rings. The van der Waals surface area contributed by atoms with Crippen LogP contribution < -0.4 is 4.74 Å². The Hall–Kier alpha value is -2.34. The SMILES string of the molecule is COC(=O)c1cc(OC)ccc1/C=C/C(=O)OCN(C)C. The highest BCUT2D eigenvalue weighted by atomic mass is 16.5. The molecule has 0 saturated carbocycles. The summed E-state index contributed by atoms with van der Waals surface area (Å²) in [5.74, 6) is -0.465. The first kappa shape index (κ1) is 16.7. The zero-order valence-electron chi connectivity index (χ0n) is 12.6. The van der Waals surface area contributed by atoms with Crippen LogP contribution in [0.25, 0.3) is 6.08 Å². The maximum absolute atomic E-state index is 11.7. The molecule has 6 nitrogen and oxygen atoms in total. The minimum Gasteiger partial charge on any atom is -0.497 e. The molecule has 0 spiro atoms. The van der Waals surface area contributed by atoms with Crippen LogP contribution in [-0.2, 0) is 14.3 Å². The van der Waals surface area contributed by atoms with Crippen molar-refractivity contribution in [1.29, 1.82) is 0 Å². The number of esters is 2. The summed E-state index contributed by atoms with van der Waals surface area (Å²) in [4.78, 5) is 25.0. The summed E-state index contributed by atoms with van der Waals surface area (Å²) in [6.45, 7) is 0.190. The Balaban J connectivity index is 2.91. The Bertz CT molecular complexity index is 537. The molecule has 0 N–H and O–H groups in total. The molecule has 1 rings (SSSR count). The van der Waals surface area contributed by atoms with E-state index in [-0.39, 0.29) is 6.73 Å². The predicted octanol–water partition coefficient (Wildman–Crippen LogP) is 1.56. The standard InChI is InChI=1S/C15H19NO5/c1-16(2)10-21-14(17)8-6-11-5-7-12(19-3)9-13(11)15(18)20-4/h5-9H,10H2,1-4H3/b8-6+. The number of rotatable bonds is 6. The lowest BCUT2D eigenvalue weighted by atomic mass is 10.1. The average Bonchev–Trinajstić information content (AvgIpc) is 2.49. The van der Waals surface area contributed by atoms with Gasteiger partial charge in [0, 0.05) is 6.08 Å². The van der Waals surface area contributed by atoms with E-state index < -0.39 is 11.9 Å². The van der Waals surface area contributed by atoms with E-state index in [1.165, 1.54) is 26.4 Å². The van der Waals surface area contributed by atoms with Gasteiger partial charge in [0.2, 0.25) is 0 Å². The summed E-state index contributed by atoms with van der Waals surface area (Å²) in [7, 11) is 6.37. The molecule has 0 amide bonds. The molecule has 0 saturated heterocycles. The molecular weight excluding hydrogens is 274 g/mol. The van der Waals surface area contributed by atoms with Crippen LogP contribution in [0.3, 0.4) is 0 Å². The van der Waals surface area contributed by atoms with Crippen LogP contribution in [0.2, 0.25) is 0 Å². The van der Waals surface area contributed by atoms with Gasteiger partial charge < -0.3 is 14.2 Å². The molecular formula is C15H19NO5. The monoisotopic (exact) mass is 293 g/mol. The van der Waals surface area contributed by atoms with Crippen LogP contribution in [0.4, 0.5) is 0 Å². The van der Waals surface area contributed by atoms with Gasteiger partial charge in [-0.1, -0.05) is 6.07 Å². The van der Waals surface area contributed by atoms with Crippen molar-refractivity contribution in [1.82, 2.24) is 4.90 Å². The first-order chi connectivity index (χ1) is 9.97. The smallest absolute Gasteiger partial charge is 0.338 e. The zero-order chi connectivity index (χ0) is 15.8. The molecule has 1 aromatic carbocycles. The Morgan fingerprint density at radius 2 is 1.95 bits per heavy atom. The maximum Gasteiger partial charge on any atom is 0.338 e. The van der Waals surface area contributed by atoms with Crippen molar-refractivity contribution in [3.63, 3.8) is 0 Å². The van der Waals surface area contributed by atoms with Gasteiger partial charge in [-0.2, -0.15) is 0 Å². The van der Waals surface area contributed by atoms with E-state index in [1.807, 2.05) is 0 Å². The van der Waals surface area contributed by atoms with E-state index in [0.717, 1.165) is 0 Å². The molecule has 0 radical (unpaired) electrons. The number of methoxy groups -OCH3 is 2. The van der Waals surface area contributed by atoms with Crippen molar-refractivity contribution >= 4 is 18.0 Å².